The highest BCUT2D eigenvalue weighted by molar-refractivity contribution is 6.10. The first-order valence-corrected chi connectivity index (χ1v) is 11.9. The summed E-state index contributed by atoms with van der Waals surface area (Å²) in [5, 5.41) is 11.9. The van der Waals surface area contributed by atoms with E-state index >= 15 is 0 Å². The van der Waals surface area contributed by atoms with Gasteiger partial charge in [-0.05, 0) is 60.7 Å². The Labute approximate surface area is 211 Å². The molecule has 37 heavy (non-hydrogen) atoms. The van der Waals surface area contributed by atoms with E-state index in [1.165, 1.54) is 0 Å². The molecule has 0 bridgehead atoms. The summed E-state index contributed by atoms with van der Waals surface area (Å²) >= 11 is 0. The number of nitrogens with zero attached hydrogens (tertiary/aromatic N) is 2. The lowest BCUT2D eigenvalue weighted by molar-refractivity contribution is 0.650. The maximum atomic E-state index is 13.3. The molecule has 174 valence electrons. The van der Waals surface area contributed by atoms with Gasteiger partial charge in [0.1, 0.15) is 22.3 Å². The molecule has 0 saturated carbocycles. The van der Waals surface area contributed by atoms with Gasteiger partial charge in [0.25, 0.3) is 0 Å². The van der Waals surface area contributed by atoms with Crippen molar-refractivity contribution in [3.05, 3.63) is 125 Å². The van der Waals surface area contributed by atoms with Gasteiger partial charge in [-0.25, -0.2) is 0 Å². The van der Waals surface area contributed by atoms with Gasteiger partial charge in [-0.15, -0.1) is 0 Å². The van der Waals surface area contributed by atoms with Crippen molar-refractivity contribution in [3.8, 4) is 6.07 Å². The van der Waals surface area contributed by atoms with E-state index in [0.717, 1.165) is 27.8 Å². The lowest BCUT2D eigenvalue weighted by atomic mass is 10.1. The number of para-hydroxylation sites is 2. The van der Waals surface area contributed by atoms with Gasteiger partial charge in [-0.2, -0.15) is 5.26 Å². The molecule has 0 atom stereocenters. The van der Waals surface area contributed by atoms with E-state index in [1.807, 2.05) is 54.6 Å². The van der Waals surface area contributed by atoms with Crippen LogP contribution in [0.1, 0.15) is 5.56 Å². The molecule has 0 aliphatic carbocycles. The lowest BCUT2D eigenvalue weighted by Gasteiger charge is -2.25. The van der Waals surface area contributed by atoms with E-state index in [2.05, 4.69) is 41.3 Å². The van der Waals surface area contributed by atoms with Crippen LogP contribution in [0.3, 0.4) is 0 Å². The predicted octanol–water partition coefficient (Wildman–Crippen LogP) is 8.19. The van der Waals surface area contributed by atoms with E-state index in [0.29, 0.717) is 38.7 Å². The number of rotatable bonds is 3. The van der Waals surface area contributed by atoms with Crippen molar-refractivity contribution in [2.24, 2.45) is 0 Å². The summed E-state index contributed by atoms with van der Waals surface area (Å²) in [5.74, 6) is 0. The normalized spacial score (nSPS) is 11.3. The minimum atomic E-state index is -0.132. The van der Waals surface area contributed by atoms with Crippen molar-refractivity contribution >= 4 is 60.9 Å². The zero-order valence-electron chi connectivity index (χ0n) is 19.5. The Balaban J connectivity index is 1.44. The fraction of sp³-hybridized carbons (Fsp3) is 0. The second-order valence-electron chi connectivity index (χ2n) is 8.89. The van der Waals surface area contributed by atoms with Crippen LogP contribution >= 0.6 is 0 Å². The first-order chi connectivity index (χ1) is 18.2. The number of anilines is 3. The Bertz CT molecular complexity index is 2030. The minimum Gasteiger partial charge on any atom is -0.456 e. The maximum Gasteiger partial charge on any atom is 0.200 e. The van der Waals surface area contributed by atoms with Crippen LogP contribution in [0, 0.1) is 11.3 Å². The Morgan fingerprint density at radius 3 is 1.81 bits per heavy atom. The highest BCUT2D eigenvalue weighted by Crippen LogP contribution is 2.39. The second-order valence-corrected chi connectivity index (χ2v) is 8.89. The smallest absolute Gasteiger partial charge is 0.200 e. The van der Waals surface area contributed by atoms with Crippen LogP contribution in [0.15, 0.2) is 123 Å². The summed E-state index contributed by atoms with van der Waals surface area (Å²) in [6.07, 6.45) is 0. The fourth-order valence-corrected chi connectivity index (χ4v) is 4.92. The van der Waals surface area contributed by atoms with E-state index in [9.17, 15) is 10.1 Å². The third-order valence-corrected chi connectivity index (χ3v) is 6.66. The number of hydrogen-bond donors (Lipinski definition) is 0. The first-order valence-electron chi connectivity index (χ1n) is 11.9. The van der Waals surface area contributed by atoms with Gasteiger partial charge >= 0.3 is 0 Å². The molecule has 0 aliphatic rings. The number of fused-ring (bicyclic) bond motifs is 5. The summed E-state index contributed by atoms with van der Waals surface area (Å²) < 4.78 is 12.3. The largest absolute Gasteiger partial charge is 0.456 e. The van der Waals surface area contributed by atoms with Gasteiger partial charge in [0.05, 0.1) is 22.4 Å². The third kappa shape index (κ3) is 3.35. The summed E-state index contributed by atoms with van der Waals surface area (Å²) in [6, 6.07) is 37.0. The Kier molecular flexibility index (Phi) is 4.60. The molecule has 0 saturated heterocycles. The van der Waals surface area contributed by atoms with Crippen LogP contribution in [0.2, 0.25) is 0 Å². The molecule has 5 aromatic carbocycles. The molecule has 2 heterocycles. The first kappa shape index (κ1) is 21.0. The predicted molar refractivity (Wildman–Crippen MR) is 147 cm³/mol. The Hall–Kier alpha value is -5.34. The molecule has 2 aromatic heterocycles. The molecule has 0 aliphatic heterocycles. The van der Waals surface area contributed by atoms with Gasteiger partial charge in [0.15, 0.2) is 0 Å². The van der Waals surface area contributed by atoms with Crippen molar-refractivity contribution in [1.29, 1.82) is 5.26 Å². The molecule has 7 aromatic rings. The van der Waals surface area contributed by atoms with Gasteiger partial charge in [0.2, 0.25) is 5.43 Å². The molecule has 0 spiro atoms. The van der Waals surface area contributed by atoms with Crippen molar-refractivity contribution in [1.82, 2.24) is 0 Å². The molecule has 7 rings (SSSR count). The second kappa shape index (κ2) is 8.11. The average molecular weight is 479 g/mol. The van der Waals surface area contributed by atoms with Crippen LogP contribution < -0.4 is 10.3 Å². The van der Waals surface area contributed by atoms with Gasteiger partial charge < -0.3 is 13.7 Å². The standard InChI is InChI=1S/C32H18N2O3/c33-19-20-11-13-25-28(15-20)36-31-18-30-26(17-27(31)32(25)35)24-14-12-23(16-29(24)37-30)34(21-7-3-1-4-8-21)22-9-5-2-6-10-22/h1-18H. The summed E-state index contributed by atoms with van der Waals surface area (Å²) in [6.45, 7) is 0. The fourth-order valence-electron chi connectivity index (χ4n) is 4.92. The molecule has 0 amide bonds. The number of benzene rings is 5. The summed E-state index contributed by atoms with van der Waals surface area (Å²) in [7, 11) is 0. The third-order valence-electron chi connectivity index (χ3n) is 6.66. The zero-order valence-corrected chi connectivity index (χ0v) is 19.5. The molecule has 0 N–H and O–H groups in total. The maximum absolute atomic E-state index is 13.3. The average Bonchev–Trinajstić information content (AvgIpc) is 3.30. The van der Waals surface area contributed by atoms with Crippen LogP contribution in [0.25, 0.3) is 43.9 Å². The van der Waals surface area contributed by atoms with Crippen molar-refractivity contribution in [3.63, 3.8) is 0 Å². The summed E-state index contributed by atoms with van der Waals surface area (Å²) in [5.41, 5.74) is 5.48. The van der Waals surface area contributed by atoms with Crippen molar-refractivity contribution in [2.75, 3.05) is 4.90 Å². The number of nitriles is 1. The molecule has 5 nitrogen and oxygen atoms in total. The number of furan rings is 1. The Morgan fingerprint density at radius 1 is 0.541 bits per heavy atom. The lowest BCUT2D eigenvalue weighted by Crippen LogP contribution is -2.09. The van der Waals surface area contributed by atoms with Crippen LogP contribution in [-0.4, -0.2) is 0 Å². The van der Waals surface area contributed by atoms with Crippen LogP contribution in [0.5, 0.6) is 0 Å². The SMILES string of the molecule is N#Cc1ccc2c(=O)c3cc4c(cc3oc2c1)oc1cc(N(c2ccccc2)c2ccccc2)ccc14. The van der Waals surface area contributed by atoms with E-state index < -0.39 is 0 Å². The minimum absolute atomic E-state index is 0.132. The molecular weight excluding hydrogens is 460 g/mol. The molecule has 0 unspecified atom stereocenters. The van der Waals surface area contributed by atoms with Crippen LogP contribution in [0.4, 0.5) is 17.1 Å². The van der Waals surface area contributed by atoms with E-state index in [-0.39, 0.29) is 5.43 Å². The quantitative estimate of drug-likeness (QED) is 0.239. The van der Waals surface area contributed by atoms with Crippen LogP contribution in [-0.2, 0) is 0 Å². The topological polar surface area (TPSA) is 70.4 Å². The zero-order chi connectivity index (χ0) is 24.9. The van der Waals surface area contributed by atoms with Gasteiger partial charge in [0, 0.05) is 40.0 Å². The highest BCUT2D eigenvalue weighted by atomic mass is 16.3. The number of hydrogen-bond acceptors (Lipinski definition) is 5. The summed E-state index contributed by atoms with van der Waals surface area (Å²) in [4.78, 5) is 15.4. The van der Waals surface area contributed by atoms with E-state index in [1.54, 1.807) is 24.3 Å². The van der Waals surface area contributed by atoms with E-state index in [4.69, 9.17) is 8.83 Å². The monoisotopic (exact) mass is 478 g/mol. The van der Waals surface area contributed by atoms with Crippen molar-refractivity contribution in [2.45, 2.75) is 0 Å². The highest BCUT2D eigenvalue weighted by Gasteiger charge is 2.17. The van der Waals surface area contributed by atoms with Gasteiger partial charge in [-0.3, -0.25) is 4.79 Å². The molecule has 0 fully saturated rings. The molecule has 0 radical (unpaired) electrons. The van der Waals surface area contributed by atoms with Crippen molar-refractivity contribution < 1.29 is 8.83 Å². The van der Waals surface area contributed by atoms with Gasteiger partial charge in [-0.1, -0.05) is 36.4 Å². The molecule has 5 heteroatoms. The Morgan fingerprint density at radius 2 is 1.14 bits per heavy atom. The molecular formula is C32H18N2O3.